The molecule has 5 aromatic rings. The van der Waals surface area contributed by atoms with Crippen molar-refractivity contribution in [2.75, 3.05) is 0 Å². The number of aromatic nitrogens is 3. The third-order valence-corrected chi connectivity index (χ3v) is 3.93. The molecule has 108 valence electrons. The van der Waals surface area contributed by atoms with Crippen LogP contribution in [-0.2, 0) is 0 Å². The molecule has 0 N–H and O–H groups in total. The maximum atomic E-state index is 5.81. The minimum atomic E-state index is 0.760. The SMILES string of the molecule is c1ccc2nc(-c3ccc4oc5ccccc5c4n3)cnc2c1. The number of pyridine rings is 1. The standard InChI is InChI=1S/C19H11N3O/c1-4-8-17-12(5-1)19-18(23-17)10-9-15(22-19)16-11-20-13-6-2-3-7-14(13)21-16/h1-11H. The largest absolute Gasteiger partial charge is 0.454 e. The molecule has 0 amide bonds. The Hall–Kier alpha value is -3.27. The fourth-order valence-electron chi connectivity index (χ4n) is 2.81. The first-order valence-electron chi connectivity index (χ1n) is 7.39. The Balaban J connectivity index is 1.76. The van der Waals surface area contributed by atoms with Crippen molar-refractivity contribution < 1.29 is 4.42 Å². The van der Waals surface area contributed by atoms with Crippen molar-refractivity contribution in [1.29, 1.82) is 0 Å². The Morgan fingerprint density at radius 3 is 2.43 bits per heavy atom. The number of hydrogen-bond acceptors (Lipinski definition) is 4. The summed E-state index contributed by atoms with van der Waals surface area (Å²) < 4.78 is 5.81. The molecule has 4 heteroatoms. The smallest absolute Gasteiger partial charge is 0.153 e. The van der Waals surface area contributed by atoms with E-state index in [1.54, 1.807) is 6.20 Å². The van der Waals surface area contributed by atoms with E-state index in [-0.39, 0.29) is 0 Å². The van der Waals surface area contributed by atoms with E-state index in [2.05, 4.69) is 9.97 Å². The van der Waals surface area contributed by atoms with Gasteiger partial charge in [0.2, 0.25) is 0 Å². The molecule has 2 aromatic carbocycles. The number of rotatable bonds is 1. The monoisotopic (exact) mass is 297 g/mol. The highest BCUT2D eigenvalue weighted by atomic mass is 16.3. The zero-order valence-corrected chi connectivity index (χ0v) is 12.1. The molecule has 0 bridgehead atoms. The van der Waals surface area contributed by atoms with Gasteiger partial charge in [0, 0.05) is 5.39 Å². The average Bonchev–Trinajstić information content (AvgIpc) is 2.99. The topological polar surface area (TPSA) is 51.8 Å². The quantitative estimate of drug-likeness (QED) is 0.454. The first kappa shape index (κ1) is 12.3. The lowest BCUT2D eigenvalue weighted by Crippen LogP contribution is -1.90. The van der Waals surface area contributed by atoms with E-state index in [9.17, 15) is 0 Å². The van der Waals surface area contributed by atoms with Crippen LogP contribution in [0.15, 0.2) is 71.3 Å². The lowest BCUT2D eigenvalue weighted by molar-refractivity contribution is 0.668. The van der Waals surface area contributed by atoms with Crippen molar-refractivity contribution in [2.45, 2.75) is 0 Å². The number of para-hydroxylation sites is 3. The Labute approximate surface area is 131 Å². The van der Waals surface area contributed by atoms with Crippen LogP contribution < -0.4 is 0 Å². The first-order chi connectivity index (χ1) is 11.4. The van der Waals surface area contributed by atoms with Crippen molar-refractivity contribution in [1.82, 2.24) is 15.0 Å². The van der Waals surface area contributed by atoms with Gasteiger partial charge < -0.3 is 4.42 Å². The van der Waals surface area contributed by atoms with Crippen LogP contribution in [0, 0.1) is 0 Å². The highest BCUT2D eigenvalue weighted by molar-refractivity contribution is 6.02. The van der Waals surface area contributed by atoms with Gasteiger partial charge in [0.15, 0.2) is 5.58 Å². The average molecular weight is 297 g/mol. The summed E-state index contributed by atoms with van der Waals surface area (Å²) in [6, 6.07) is 19.6. The molecule has 0 saturated carbocycles. The molecule has 0 spiro atoms. The summed E-state index contributed by atoms with van der Waals surface area (Å²) in [5.41, 5.74) is 5.78. The Kier molecular flexibility index (Phi) is 2.46. The second-order valence-corrected chi connectivity index (χ2v) is 5.39. The lowest BCUT2D eigenvalue weighted by atomic mass is 10.2. The Morgan fingerprint density at radius 1 is 0.652 bits per heavy atom. The molecule has 0 aliphatic heterocycles. The van der Waals surface area contributed by atoms with Crippen LogP contribution in [0.2, 0.25) is 0 Å². The maximum absolute atomic E-state index is 5.81. The van der Waals surface area contributed by atoms with E-state index in [4.69, 9.17) is 9.40 Å². The molecule has 5 rings (SSSR count). The molecule has 3 aromatic heterocycles. The van der Waals surface area contributed by atoms with Crippen LogP contribution in [0.4, 0.5) is 0 Å². The van der Waals surface area contributed by atoms with E-state index in [1.807, 2.05) is 60.7 Å². The molecular weight excluding hydrogens is 286 g/mol. The van der Waals surface area contributed by atoms with E-state index in [1.165, 1.54) is 0 Å². The van der Waals surface area contributed by atoms with Gasteiger partial charge in [-0.25, -0.2) is 9.97 Å². The van der Waals surface area contributed by atoms with Crippen LogP contribution in [0.25, 0.3) is 44.5 Å². The van der Waals surface area contributed by atoms with Gasteiger partial charge in [-0.3, -0.25) is 4.98 Å². The van der Waals surface area contributed by atoms with Gasteiger partial charge in [-0.15, -0.1) is 0 Å². The maximum Gasteiger partial charge on any atom is 0.153 e. The molecule has 3 heterocycles. The molecule has 0 saturated heterocycles. The van der Waals surface area contributed by atoms with Gasteiger partial charge in [-0.1, -0.05) is 24.3 Å². The molecule has 0 radical (unpaired) electrons. The Morgan fingerprint density at radius 2 is 1.48 bits per heavy atom. The van der Waals surface area contributed by atoms with Gasteiger partial charge in [-0.05, 0) is 36.4 Å². The third kappa shape index (κ3) is 1.89. The van der Waals surface area contributed by atoms with Gasteiger partial charge in [0.25, 0.3) is 0 Å². The lowest BCUT2D eigenvalue weighted by Gasteiger charge is -2.02. The summed E-state index contributed by atoms with van der Waals surface area (Å²) in [5, 5.41) is 1.01. The molecule has 0 fully saturated rings. The molecule has 0 unspecified atom stereocenters. The fourth-order valence-corrected chi connectivity index (χ4v) is 2.81. The van der Waals surface area contributed by atoms with Crippen molar-refractivity contribution in [2.24, 2.45) is 0 Å². The molecule has 0 aliphatic rings. The normalized spacial score (nSPS) is 11.5. The number of nitrogens with zero attached hydrogens (tertiary/aromatic N) is 3. The molecule has 4 nitrogen and oxygen atoms in total. The van der Waals surface area contributed by atoms with E-state index in [0.29, 0.717) is 0 Å². The van der Waals surface area contributed by atoms with Gasteiger partial charge in [-0.2, -0.15) is 0 Å². The molecule has 0 aliphatic carbocycles. The van der Waals surface area contributed by atoms with Crippen molar-refractivity contribution >= 4 is 33.1 Å². The van der Waals surface area contributed by atoms with Gasteiger partial charge in [0.1, 0.15) is 16.8 Å². The highest BCUT2D eigenvalue weighted by Gasteiger charge is 2.10. The Bertz CT molecular complexity index is 1180. The summed E-state index contributed by atoms with van der Waals surface area (Å²) in [6.45, 7) is 0. The molecule has 23 heavy (non-hydrogen) atoms. The minimum Gasteiger partial charge on any atom is -0.454 e. The second kappa shape index (κ2) is 4.61. The fraction of sp³-hybridized carbons (Fsp3) is 0. The van der Waals surface area contributed by atoms with Gasteiger partial charge in [0.05, 0.1) is 22.9 Å². The van der Waals surface area contributed by atoms with Crippen LogP contribution in [0.1, 0.15) is 0 Å². The highest BCUT2D eigenvalue weighted by Crippen LogP contribution is 2.29. The number of fused-ring (bicyclic) bond motifs is 4. The molecule has 0 atom stereocenters. The third-order valence-electron chi connectivity index (χ3n) is 3.93. The summed E-state index contributed by atoms with van der Waals surface area (Å²) in [5.74, 6) is 0. The van der Waals surface area contributed by atoms with E-state index in [0.717, 1.165) is 44.5 Å². The zero-order valence-electron chi connectivity index (χ0n) is 12.1. The zero-order chi connectivity index (χ0) is 15.2. The summed E-state index contributed by atoms with van der Waals surface area (Å²) in [7, 11) is 0. The second-order valence-electron chi connectivity index (χ2n) is 5.39. The number of furan rings is 1. The van der Waals surface area contributed by atoms with Crippen LogP contribution in [0.5, 0.6) is 0 Å². The van der Waals surface area contributed by atoms with Crippen LogP contribution >= 0.6 is 0 Å². The van der Waals surface area contributed by atoms with E-state index >= 15 is 0 Å². The summed E-state index contributed by atoms with van der Waals surface area (Å²) in [4.78, 5) is 13.9. The predicted octanol–water partition coefficient (Wildman–Crippen LogP) is 4.59. The molecular formula is C19H11N3O. The minimum absolute atomic E-state index is 0.760. The first-order valence-corrected chi connectivity index (χ1v) is 7.39. The predicted molar refractivity (Wildman–Crippen MR) is 90.0 cm³/mol. The van der Waals surface area contributed by atoms with Crippen molar-refractivity contribution in [3.63, 3.8) is 0 Å². The number of benzene rings is 2. The number of hydrogen-bond donors (Lipinski definition) is 0. The summed E-state index contributed by atoms with van der Waals surface area (Å²) >= 11 is 0. The van der Waals surface area contributed by atoms with Crippen LogP contribution in [0.3, 0.4) is 0 Å². The van der Waals surface area contributed by atoms with Crippen molar-refractivity contribution in [3.05, 3.63) is 66.9 Å². The van der Waals surface area contributed by atoms with Crippen LogP contribution in [-0.4, -0.2) is 15.0 Å². The van der Waals surface area contributed by atoms with Crippen molar-refractivity contribution in [3.8, 4) is 11.4 Å². The van der Waals surface area contributed by atoms with Gasteiger partial charge >= 0.3 is 0 Å². The van der Waals surface area contributed by atoms with E-state index < -0.39 is 0 Å². The summed E-state index contributed by atoms with van der Waals surface area (Å²) in [6.07, 6.45) is 1.76.